The Bertz CT molecular complexity index is 662. The van der Waals surface area contributed by atoms with Crippen LogP contribution in [-0.4, -0.2) is 55.5 Å². The van der Waals surface area contributed by atoms with Crippen molar-refractivity contribution < 1.29 is 13.2 Å². The second-order valence-electron chi connectivity index (χ2n) is 6.18. The maximum atomic E-state index is 12.6. The molecule has 0 radical (unpaired) electrons. The predicted molar refractivity (Wildman–Crippen MR) is 92.1 cm³/mol. The van der Waals surface area contributed by atoms with Gasteiger partial charge in [-0.05, 0) is 31.9 Å². The zero-order valence-electron chi connectivity index (χ0n) is 14.2. The summed E-state index contributed by atoms with van der Waals surface area (Å²) in [7, 11) is -3.18. The Balaban J connectivity index is 2.00. The highest BCUT2D eigenvalue weighted by Gasteiger charge is 2.29. The topological polar surface area (TPSA) is 57.7 Å². The van der Waals surface area contributed by atoms with Gasteiger partial charge in [0.05, 0.1) is 5.75 Å². The number of rotatable bonds is 5. The SMILES string of the molecule is CCCCS(=O)(=O)N1CCN(C(=O)c2ccc(C)cc2C)CC1. The Morgan fingerprint density at radius 1 is 1.13 bits per heavy atom. The molecule has 0 saturated carbocycles. The van der Waals surface area contributed by atoms with Crippen LogP contribution in [0.1, 0.15) is 41.3 Å². The smallest absolute Gasteiger partial charge is 0.254 e. The Labute approximate surface area is 139 Å². The van der Waals surface area contributed by atoms with Crippen LogP contribution in [0.4, 0.5) is 0 Å². The molecule has 1 heterocycles. The summed E-state index contributed by atoms with van der Waals surface area (Å²) in [6, 6.07) is 5.79. The molecule has 0 N–H and O–H groups in total. The number of benzene rings is 1. The number of aryl methyl sites for hydroxylation is 2. The minimum atomic E-state index is -3.18. The highest BCUT2D eigenvalue weighted by molar-refractivity contribution is 7.89. The van der Waals surface area contributed by atoms with Gasteiger partial charge < -0.3 is 4.90 Å². The summed E-state index contributed by atoms with van der Waals surface area (Å²) < 4.78 is 25.9. The molecule has 1 aromatic carbocycles. The summed E-state index contributed by atoms with van der Waals surface area (Å²) in [5.74, 6) is 0.197. The molecule has 0 spiro atoms. The van der Waals surface area contributed by atoms with Crippen LogP contribution < -0.4 is 0 Å². The number of nitrogens with zero attached hydrogens (tertiary/aromatic N) is 2. The quantitative estimate of drug-likeness (QED) is 0.827. The van der Waals surface area contributed by atoms with Crippen molar-refractivity contribution in [3.63, 3.8) is 0 Å². The molecule has 0 atom stereocenters. The molecule has 0 aromatic heterocycles. The molecule has 1 aliphatic rings. The lowest BCUT2D eigenvalue weighted by atomic mass is 10.0. The van der Waals surface area contributed by atoms with E-state index in [1.807, 2.05) is 39.0 Å². The highest BCUT2D eigenvalue weighted by Crippen LogP contribution is 2.16. The van der Waals surface area contributed by atoms with Crippen LogP contribution in [0, 0.1) is 13.8 Å². The largest absolute Gasteiger partial charge is 0.336 e. The minimum absolute atomic E-state index is 0.00638. The average Bonchev–Trinajstić information content (AvgIpc) is 2.52. The Hall–Kier alpha value is -1.40. The van der Waals surface area contributed by atoms with Gasteiger partial charge in [0.25, 0.3) is 5.91 Å². The van der Waals surface area contributed by atoms with Gasteiger partial charge in [-0.3, -0.25) is 4.79 Å². The fraction of sp³-hybridized carbons (Fsp3) is 0.588. The summed E-state index contributed by atoms with van der Waals surface area (Å²) in [5.41, 5.74) is 2.80. The lowest BCUT2D eigenvalue weighted by Crippen LogP contribution is -2.51. The van der Waals surface area contributed by atoms with Gasteiger partial charge in [-0.15, -0.1) is 0 Å². The molecular formula is C17H26N2O3S. The van der Waals surface area contributed by atoms with E-state index in [-0.39, 0.29) is 11.7 Å². The molecular weight excluding hydrogens is 312 g/mol. The number of sulfonamides is 1. The van der Waals surface area contributed by atoms with Crippen LogP contribution in [0.3, 0.4) is 0 Å². The van der Waals surface area contributed by atoms with Crippen molar-refractivity contribution in [2.75, 3.05) is 31.9 Å². The first-order valence-electron chi connectivity index (χ1n) is 8.19. The number of carbonyl (C=O) groups excluding carboxylic acids is 1. The van der Waals surface area contributed by atoms with E-state index < -0.39 is 10.0 Å². The average molecular weight is 338 g/mol. The van der Waals surface area contributed by atoms with Gasteiger partial charge in [-0.2, -0.15) is 4.31 Å². The highest BCUT2D eigenvalue weighted by atomic mass is 32.2. The van der Waals surface area contributed by atoms with E-state index in [0.717, 1.165) is 17.5 Å². The van der Waals surface area contributed by atoms with E-state index in [4.69, 9.17) is 0 Å². The molecule has 23 heavy (non-hydrogen) atoms. The molecule has 128 valence electrons. The van der Waals surface area contributed by atoms with Crippen LogP contribution in [0.25, 0.3) is 0 Å². The number of unbranched alkanes of at least 4 members (excludes halogenated alkanes) is 1. The summed E-state index contributed by atoms with van der Waals surface area (Å²) >= 11 is 0. The Morgan fingerprint density at radius 2 is 1.78 bits per heavy atom. The van der Waals surface area contributed by atoms with Crippen LogP contribution in [0.2, 0.25) is 0 Å². The maximum absolute atomic E-state index is 12.6. The van der Waals surface area contributed by atoms with Crippen LogP contribution in [-0.2, 0) is 10.0 Å². The number of hydrogen-bond acceptors (Lipinski definition) is 3. The van der Waals surface area contributed by atoms with Crippen LogP contribution in [0.15, 0.2) is 18.2 Å². The maximum Gasteiger partial charge on any atom is 0.254 e. The molecule has 2 rings (SSSR count). The second kappa shape index (κ2) is 7.45. The van der Waals surface area contributed by atoms with Crippen molar-refractivity contribution in [2.24, 2.45) is 0 Å². The summed E-state index contributed by atoms with van der Waals surface area (Å²) in [5, 5.41) is 0. The van der Waals surface area contributed by atoms with Gasteiger partial charge in [0.1, 0.15) is 0 Å². The zero-order chi connectivity index (χ0) is 17.0. The van der Waals surface area contributed by atoms with Gasteiger partial charge in [0.2, 0.25) is 10.0 Å². The molecule has 1 aliphatic heterocycles. The van der Waals surface area contributed by atoms with Gasteiger partial charge in [0.15, 0.2) is 0 Å². The van der Waals surface area contributed by atoms with Crippen molar-refractivity contribution >= 4 is 15.9 Å². The van der Waals surface area contributed by atoms with E-state index in [2.05, 4.69) is 0 Å². The first kappa shape index (κ1) is 17.9. The predicted octanol–water partition coefficient (Wildman–Crippen LogP) is 2.19. The normalized spacial score (nSPS) is 16.6. The zero-order valence-corrected chi connectivity index (χ0v) is 15.0. The summed E-state index contributed by atoms with van der Waals surface area (Å²) in [6.07, 6.45) is 1.55. The van der Waals surface area contributed by atoms with Crippen molar-refractivity contribution in [1.82, 2.24) is 9.21 Å². The number of piperazine rings is 1. The van der Waals surface area contributed by atoms with Gasteiger partial charge >= 0.3 is 0 Å². The molecule has 1 aromatic rings. The molecule has 1 fully saturated rings. The minimum Gasteiger partial charge on any atom is -0.336 e. The fourth-order valence-electron chi connectivity index (χ4n) is 2.85. The van der Waals surface area contributed by atoms with Gasteiger partial charge in [-0.1, -0.05) is 31.0 Å². The molecule has 1 amide bonds. The molecule has 6 heteroatoms. The third-order valence-electron chi connectivity index (χ3n) is 4.29. The third kappa shape index (κ3) is 4.32. The molecule has 1 saturated heterocycles. The van der Waals surface area contributed by atoms with E-state index >= 15 is 0 Å². The van der Waals surface area contributed by atoms with Crippen molar-refractivity contribution in [3.8, 4) is 0 Å². The first-order chi connectivity index (χ1) is 10.8. The fourth-order valence-corrected chi connectivity index (χ4v) is 4.48. The number of carbonyl (C=O) groups is 1. The Morgan fingerprint density at radius 3 is 2.35 bits per heavy atom. The Kier molecular flexibility index (Phi) is 5.81. The lowest BCUT2D eigenvalue weighted by molar-refractivity contribution is 0.0697. The summed E-state index contributed by atoms with van der Waals surface area (Å²) in [4.78, 5) is 14.4. The van der Waals surface area contributed by atoms with Crippen LogP contribution >= 0.6 is 0 Å². The van der Waals surface area contributed by atoms with E-state index in [1.165, 1.54) is 4.31 Å². The molecule has 0 aliphatic carbocycles. The summed E-state index contributed by atoms with van der Waals surface area (Å²) in [6.45, 7) is 7.61. The van der Waals surface area contributed by atoms with Crippen molar-refractivity contribution in [2.45, 2.75) is 33.6 Å². The first-order valence-corrected chi connectivity index (χ1v) is 9.80. The van der Waals surface area contributed by atoms with E-state index in [9.17, 15) is 13.2 Å². The van der Waals surface area contributed by atoms with Crippen molar-refractivity contribution in [1.29, 1.82) is 0 Å². The number of amides is 1. The van der Waals surface area contributed by atoms with Gasteiger partial charge in [0, 0.05) is 31.7 Å². The lowest BCUT2D eigenvalue weighted by Gasteiger charge is -2.34. The molecule has 0 bridgehead atoms. The van der Waals surface area contributed by atoms with Gasteiger partial charge in [-0.25, -0.2) is 8.42 Å². The molecule has 0 unspecified atom stereocenters. The molecule has 5 nitrogen and oxygen atoms in total. The van der Waals surface area contributed by atoms with E-state index in [0.29, 0.717) is 38.2 Å². The van der Waals surface area contributed by atoms with Crippen LogP contribution in [0.5, 0.6) is 0 Å². The van der Waals surface area contributed by atoms with E-state index in [1.54, 1.807) is 4.90 Å². The second-order valence-corrected chi connectivity index (χ2v) is 8.27. The monoisotopic (exact) mass is 338 g/mol. The number of hydrogen-bond donors (Lipinski definition) is 0. The standard InChI is InChI=1S/C17H26N2O3S/c1-4-5-12-23(21,22)19-10-8-18(9-11-19)17(20)16-7-6-14(2)13-15(16)3/h6-7,13H,4-5,8-12H2,1-3H3. The van der Waals surface area contributed by atoms with Crippen molar-refractivity contribution in [3.05, 3.63) is 34.9 Å². The third-order valence-corrected chi connectivity index (χ3v) is 6.24.